The van der Waals surface area contributed by atoms with Crippen molar-refractivity contribution in [1.82, 2.24) is 5.32 Å². The second-order valence-electron chi connectivity index (χ2n) is 3.42. The van der Waals surface area contributed by atoms with Crippen LogP contribution in [0.3, 0.4) is 0 Å². The average Bonchev–Trinajstić information content (AvgIpc) is 2.69. The first-order valence-electron chi connectivity index (χ1n) is 4.85. The van der Waals surface area contributed by atoms with E-state index in [0.717, 1.165) is 11.3 Å². The van der Waals surface area contributed by atoms with E-state index in [1.165, 1.54) is 7.11 Å². The molecular weight excluding hydrogens is 194 g/mol. The van der Waals surface area contributed by atoms with Crippen molar-refractivity contribution >= 4 is 6.09 Å². The number of hydrogen-bond acceptors (Lipinski definition) is 3. The molecule has 0 aromatic heterocycles. The zero-order valence-corrected chi connectivity index (χ0v) is 8.53. The van der Waals surface area contributed by atoms with Crippen molar-refractivity contribution < 1.29 is 14.3 Å². The lowest BCUT2D eigenvalue weighted by Gasteiger charge is -2.09. The van der Waals surface area contributed by atoms with Crippen LogP contribution in [0.15, 0.2) is 24.3 Å². The molecule has 0 radical (unpaired) electrons. The number of ether oxygens (including phenoxy) is 2. The summed E-state index contributed by atoms with van der Waals surface area (Å²) in [6.07, 6.45) is -0.403. The van der Waals surface area contributed by atoms with E-state index >= 15 is 0 Å². The third-order valence-corrected chi connectivity index (χ3v) is 2.48. The van der Waals surface area contributed by atoms with Crippen LogP contribution in [0.2, 0.25) is 0 Å². The van der Waals surface area contributed by atoms with Crippen LogP contribution in [0.1, 0.15) is 11.5 Å². The van der Waals surface area contributed by atoms with Crippen molar-refractivity contribution in [2.24, 2.45) is 0 Å². The van der Waals surface area contributed by atoms with Crippen LogP contribution in [-0.2, 0) is 4.74 Å². The van der Waals surface area contributed by atoms with Crippen LogP contribution in [0, 0.1) is 0 Å². The number of fused-ring (bicyclic) bond motifs is 1. The molecule has 0 saturated heterocycles. The van der Waals surface area contributed by atoms with Gasteiger partial charge in [0.1, 0.15) is 5.75 Å². The molecule has 1 aromatic rings. The Morgan fingerprint density at radius 3 is 3.20 bits per heavy atom. The van der Waals surface area contributed by atoms with Gasteiger partial charge in [0, 0.05) is 18.0 Å². The number of hydrogen-bond donors (Lipinski definition) is 1. The van der Waals surface area contributed by atoms with Crippen LogP contribution < -0.4 is 10.1 Å². The number of carbonyl (C=O) groups is 1. The van der Waals surface area contributed by atoms with E-state index in [4.69, 9.17) is 4.74 Å². The van der Waals surface area contributed by atoms with E-state index in [1.54, 1.807) is 0 Å². The quantitative estimate of drug-likeness (QED) is 0.799. The van der Waals surface area contributed by atoms with Gasteiger partial charge >= 0.3 is 6.09 Å². The lowest BCUT2D eigenvalue weighted by atomic mass is 10.0. The summed E-state index contributed by atoms with van der Waals surface area (Å²) in [4.78, 5) is 10.9. The van der Waals surface area contributed by atoms with Gasteiger partial charge in [-0.3, -0.25) is 0 Å². The number of carbonyl (C=O) groups excluding carboxylic acids is 1. The van der Waals surface area contributed by atoms with Gasteiger partial charge in [-0.2, -0.15) is 0 Å². The number of para-hydroxylation sites is 1. The average molecular weight is 207 g/mol. The molecule has 0 fully saturated rings. The van der Waals surface area contributed by atoms with Gasteiger partial charge in [0.15, 0.2) is 0 Å². The molecule has 15 heavy (non-hydrogen) atoms. The first kappa shape index (κ1) is 9.83. The highest BCUT2D eigenvalue weighted by molar-refractivity contribution is 5.67. The van der Waals surface area contributed by atoms with E-state index in [-0.39, 0.29) is 5.92 Å². The summed E-state index contributed by atoms with van der Waals surface area (Å²) in [7, 11) is 1.36. The molecule has 4 nitrogen and oxygen atoms in total. The maximum atomic E-state index is 10.9. The Labute approximate surface area is 88.2 Å². The van der Waals surface area contributed by atoms with Crippen molar-refractivity contribution in [3.8, 4) is 5.75 Å². The van der Waals surface area contributed by atoms with Gasteiger partial charge in [0.05, 0.1) is 13.7 Å². The lowest BCUT2D eigenvalue weighted by molar-refractivity contribution is 0.169. The molecule has 2 rings (SSSR count). The smallest absolute Gasteiger partial charge is 0.406 e. The predicted molar refractivity (Wildman–Crippen MR) is 55.1 cm³/mol. The fourth-order valence-electron chi connectivity index (χ4n) is 1.68. The molecule has 1 heterocycles. The minimum absolute atomic E-state index is 0.222. The molecule has 1 atom stereocenters. The van der Waals surface area contributed by atoms with Crippen molar-refractivity contribution in [1.29, 1.82) is 0 Å². The van der Waals surface area contributed by atoms with Crippen molar-refractivity contribution in [3.63, 3.8) is 0 Å². The Balaban J connectivity index is 1.99. The molecule has 0 aliphatic carbocycles. The van der Waals surface area contributed by atoms with E-state index in [9.17, 15) is 4.79 Å². The third kappa shape index (κ3) is 2.03. The monoisotopic (exact) mass is 207 g/mol. The van der Waals surface area contributed by atoms with Gasteiger partial charge < -0.3 is 14.8 Å². The normalized spacial score (nSPS) is 17.8. The molecule has 1 aromatic carbocycles. The number of methoxy groups -OCH3 is 1. The second-order valence-corrected chi connectivity index (χ2v) is 3.42. The number of rotatable bonds is 2. The first-order chi connectivity index (χ1) is 7.31. The van der Waals surface area contributed by atoms with Crippen LogP contribution in [-0.4, -0.2) is 26.4 Å². The maximum Gasteiger partial charge on any atom is 0.406 e. The summed E-state index contributed by atoms with van der Waals surface area (Å²) in [5.74, 6) is 1.13. The van der Waals surface area contributed by atoms with Crippen molar-refractivity contribution in [3.05, 3.63) is 29.8 Å². The summed E-state index contributed by atoms with van der Waals surface area (Å²) in [6, 6.07) is 7.87. The standard InChI is InChI=1S/C11H13NO3/c1-14-11(13)12-6-8-7-15-10-5-3-2-4-9(8)10/h2-5,8H,6-7H2,1H3,(H,12,13). The first-order valence-corrected chi connectivity index (χ1v) is 4.85. The van der Waals surface area contributed by atoms with Crippen molar-refractivity contribution in [2.45, 2.75) is 5.92 Å². The molecule has 80 valence electrons. The van der Waals surface area contributed by atoms with Gasteiger partial charge in [-0.15, -0.1) is 0 Å². The molecule has 0 spiro atoms. The summed E-state index contributed by atoms with van der Waals surface area (Å²) in [5.41, 5.74) is 1.15. The molecule has 1 unspecified atom stereocenters. The molecule has 0 saturated carbocycles. The summed E-state index contributed by atoms with van der Waals surface area (Å²) < 4.78 is 9.99. The lowest BCUT2D eigenvalue weighted by Crippen LogP contribution is -2.28. The number of amides is 1. The SMILES string of the molecule is COC(=O)NCC1COc2ccccc21. The Hall–Kier alpha value is -1.71. The highest BCUT2D eigenvalue weighted by Crippen LogP contribution is 2.32. The predicted octanol–water partition coefficient (Wildman–Crippen LogP) is 1.52. The van der Waals surface area contributed by atoms with Crippen LogP contribution >= 0.6 is 0 Å². The highest BCUT2D eigenvalue weighted by atomic mass is 16.5. The highest BCUT2D eigenvalue weighted by Gasteiger charge is 2.23. The fraction of sp³-hybridized carbons (Fsp3) is 0.364. The largest absolute Gasteiger partial charge is 0.493 e. The Kier molecular flexibility index (Phi) is 2.76. The minimum atomic E-state index is -0.403. The van der Waals surface area contributed by atoms with Crippen LogP contribution in [0.5, 0.6) is 5.75 Å². The minimum Gasteiger partial charge on any atom is -0.493 e. The molecule has 1 aliphatic rings. The molecule has 1 amide bonds. The van der Waals surface area contributed by atoms with Crippen molar-refractivity contribution in [2.75, 3.05) is 20.3 Å². The molecule has 4 heteroatoms. The van der Waals surface area contributed by atoms with Gasteiger partial charge in [-0.05, 0) is 6.07 Å². The molecule has 1 N–H and O–H groups in total. The maximum absolute atomic E-state index is 10.9. The Bertz CT molecular complexity index is 365. The zero-order chi connectivity index (χ0) is 10.7. The topological polar surface area (TPSA) is 47.6 Å². The summed E-state index contributed by atoms with van der Waals surface area (Å²) in [5, 5.41) is 2.67. The summed E-state index contributed by atoms with van der Waals surface area (Å²) >= 11 is 0. The van der Waals surface area contributed by atoms with Gasteiger partial charge in [0.25, 0.3) is 0 Å². The van der Waals surface area contributed by atoms with Gasteiger partial charge in [-0.1, -0.05) is 18.2 Å². The zero-order valence-electron chi connectivity index (χ0n) is 8.53. The van der Waals surface area contributed by atoms with E-state index in [2.05, 4.69) is 10.1 Å². The Morgan fingerprint density at radius 1 is 1.60 bits per heavy atom. The number of alkyl carbamates (subject to hydrolysis) is 1. The van der Waals surface area contributed by atoms with E-state index in [0.29, 0.717) is 13.2 Å². The Morgan fingerprint density at radius 2 is 2.40 bits per heavy atom. The number of benzene rings is 1. The molecule has 1 aliphatic heterocycles. The fourth-order valence-corrected chi connectivity index (χ4v) is 1.68. The van der Waals surface area contributed by atoms with Crippen LogP contribution in [0.4, 0.5) is 4.79 Å². The third-order valence-electron chi connectivity index (χ3n) is 2.48. The van der Waals surface area contributed by atoms with Gasteiger partial charge in [-0.25, -0.2) is 4.79 Å². The molecule has 0 bridgehead atoms. The second kappa shape index (κ2) is 4.21. The van der Waals surface area contributed by atoms with E-state index in [1.807, 2.05) is 24.3 Å². The van der Waals surface area contributed by atoms with E-state index < -0.39 is 6.09 Å². The van der Waals surface area contributed by atoms with Gasteiger partial charge in [0.2, 0.25) is 0 Å². The summed E-state index contributed by atoms with van der Waals surface area (Å²) in [6.45, 7) is 1.16. The molecular formula is C11H13NO3. The number of nitrogens with one attached hydrogen (secondary N) is 1. The van der Waals surface area contributed by atoms with Crippen LogP contribution in [0.25, 0.3) is 0 Å².